The quantitative estimate of drug-likeness (QED) is 0.618. The maximum atomic E-state index is 5.73. The number of ether oxygens (including phenoxy) is 3. The van der Waals surface area contributed by atoms with Gasteiger partial charge in [0.2, 0.25) is 0 Å². The average Bonchev–Trinajstić information content (AvgIpc) is 3.15. The summed E-state index contributed by atoms with van der Waals surface area (Å²) in [4.78, 5) is 2.51. The third-order valence-electron chi connectivity index (χ3n) is 5.65. The molecule has 2 heterocycles. The van der Waals surface area contributed by atoms with Crippen molar-refractivity contribution in [1.82, 2.24) is 9.47 Å². The smallest absolute Gasteiger partial charge is 0.165 e. The van der Waals surface area contributed by atoms with Gasteiger partial charge >= 0.3 is 0 Å². The van der Waals surface area contributed by atoms with Crippen LogP contribution in [0.25, 0.3) is 0 Å². The fraction of sp³-hybridized carbons (Fsp3) is 0.333. The summed E-state index contributed by atoms with van der Waals surface area (Å²) in [5.41, 5.74) is 3.58. The van der Waals surface area contributed by atoms with E-state index in [4.69, 9.17) is 14.2 Å². The molecular weight excluding hydrogens is 364 g/mol. The van der Waals surface area contributed by atoms with Crippen molar-refractivity contribution in [1.29, 1.82) is 0 Å². The number of hydrogen-bond acceptors (Lipinski definition) is 4. The molecule has 0 N–H and O–H groups in total. The predicted molar refractivity (Wildman–Crippen MR) is 114 cm³/mol. The van der Waals surface area contributed by atoms with Crippen molar-refractivity contribution in [2.24, 2.45) is 0 Å². The minimum Gasteiger partial charge on any atom is -0.496 e. The molecule has 152 valence electrons. The Morgan fingerprint density at radius 3 is 2.41 bits per heavy atom. The molecule has 2 aromatic carbocycles. The summed E-state index contributed by atoms with van der Waals surface area (Å²) in [6.07, 6.45) is 3.26. The van der Waals surface area contributed by atoms with Crippen LogP contribution in [0.1, 0.15) is 29.3 Å². The van der Waals surface area contributed by atoms with Gasteiger partial charge in [-0.1, -0.05) is 30.3 Å². The molecule has 0 radical (unpaired) electrons. The monoisotopic (exact) mass is 392 g/mol. The van der Waals surface area contributed by atoms with Crippen LogP contribution in [-0.2, 0) is 13.1 Å². The Kier molecular flexibility index (Phi) is 5.76. The van der Waals surface area contributed by atoms with Crippen LogP contribution in [0.15, 0.2) is 60.8 Å². The van der Waals surface area contributed by atoms with E-state index in [0.29, 0.717) is 0 Å². The molecular formula is C24H28N2O3. The Bertz CT molecular complexity index is 966. The molecule has 0 aliphatic carbocycles. The number of aryl methyl sites for hydroxylation is 1. The Balaban J connectivity index is 1.79. The highest BCUT2D eigenvalue weighted by molar-refractivity contribution is 5.47. The van der Waals surface area contributed by atoms with E-state index < -0.39 is 0 Å². The van der Waals surface area contributed by atoms with Gasteiger partial charge in [-0.05, 0) is 30.7 Å². The van der Waals surface area contributed by atoms with E-state index in [-0.39, 0.29) is 6.04 Å². The number of benzene rings is 2. The highest BCUT2D eigenvalue weighted by Gasteiger charge is 2.30. The van der Waals surface area contributed by atoms with Crippen molar-refractivity contribution >= 4 is 0 Å². The van der Waals surface area contributed by atoms with Gasteiger partial charge in [0.1, 0.15) is 5.75 Å². The van der Waals surface area contributed by atoms with Crippen LogP contribution in [-0.4, -0.2) is 37.3 Å². The molecule has 0 amide bonds. The maximum absolute atomic E-state index is 5.73. The van der Waals surface area contributed by atoms with E-state index in [9.17, 15) is 0 Å². The molecule has 5 heteroatoms. The molecule has 0 saturated heterocycles. The van der Waals surface area contributed by atoms with Crippen LogP contribution < -0.4 is 14.2 Å². The summed E-state index contributed by atoms with van der Waals surface area (Å²) in [5.74, 6) is 2.47. The lowest BCUT2D eigenvalue weighted by Crippen LogP contribution is -2.30. The highest BCUT2D eigenvalue weighted by Crippen LogP contribution is 2.39. The summed E-state index contributed by atoms with van der Waals surface area (Å²) in [5, 5.41) is 0. The second-order valence-electron chi connectivity index (χ2n) is 7.25. The van der Waals surface area contributed by atoms with Gasteiger partial charge in [-0.3, -0.25) is 4.90 Å². The molecule has 5 nitrogen and oxygen atoms in total. The fourth-order valence-corrected chi connectivity index (χ4v) is 4.36. The number of methoxy groups -OCH3 is 3. The minimum atomic E-state index is 0.0968. The van der Waals surface area contributed by atoms with Gasteiger partial charge in [0, 0.05) is 42.7 Å². The number of para-hydroxylation sites is 2. The van der Waals surface area contributed by atoms with Crippen molar-refractivity contribution in [3.05, 3.63) is 77.6 Å². The summed E-state index contributed by atoms with van der Waals surface area (Å²) in [6, 6.07) is 18.8. The van der Waals surface area contributed by atoms with Crippen LogP contribution in [0.2, 0.25) is 0 Å². The van der Waals surface area contributed by atoms with Crippen molar-refractivity contribution < 1.29 is 14.2 Å². The minimum absolute atomic E-state index is 0.0968. The Hall–Kier alpha value is -2.92. The third-order valence-corrected chi connectivity index (χ3v) is 5.65. The first-order valence-electron chi connectivity index (χ1n) is 9.98. The molecule has 1 aliphatic rings. The largest absolute Gasteiger partial charge is 0.496 e. The molecule has 29 heavy (non-hydrogen) atoms. The van der Waals surface area contributed by atoms with E-state index in [1.165, 1.54) is 11.3 Å². The number of nitrogens with zero attached hydrogens (tertiary/aromatic N) is 2. The molecule has 0 saturated carbocycles. The van der Waals surface area contributed by atoms with E-state index in [1.807, 2.05) is 24.3 Å². The van der Waals surface area contributed by atoms with Crippen LogP contribution in [0, 0.1) is 0 Å². The summed E-state index contributed by atoms with van der Waals surface area (Å²) >= 11 is 0. The molecule has 0 fully saturated rings. The maximum Gasteiger partial charge on any atom is 0.165 e. The molecule has 0 unspecified atom stereocenters. The Labute approximate surface area is 172 Å². The van der Waals surface area contributed by atoms with Crippen molar-refractivity contribution in [3.8, 4) is 17.2 Å². The molecule has 3 aromatic rings. The number of rotatable bonds is 6. The summed E-state index contributed by atoms with van der Waals surface area (Å²) < 4.78 is 19.3. The van der Waals surface area contributed by atoms with Gasteiger partial charge in [-0.15, -0.1) is 0 Å². The first-order valence-corrected chi connectivity index (χ1v) is 9.98. The molecule has 1 aliphatic heterocycles. The van der Waals surface area contributed by atoms with E-state index in [1.54, 1.807) is 21.3 Å². The van der Waals surface area contributed by atoms with Crippen molar-refractivity contribution in [2.45, 2.75) is 25.6 Å². The fourth-order valence-electron chi connectivity index (χ4n) is 4.36. The molecule has 4 rings (SSSR count). The normalized spacial score (nSPS) is 16.7. The highest BCUT2D eigenvalue weighted by atomic mass is 16.5. The van der Waals surface area contributed by atoms with Gasteiger partial charge in [0.15, 0.2) is 11.5 Å². The molecule has 1 aromatic heterocycles. The van der Waals surface area contributed by atoms with Gasteiger partial charge in [0.05, 0.1) is 27.4 Å². The van der Waals surface area contributed by atoms with Crippen LogP contribution in [0.5, 0.6) is 17.2 Å². The standard InChI is InChI=1S/C24H28N2O3/c1-27-21-12-5-4-10-19(21)23-20-11-7-14-25(20)15-8-16-26(23)17-18-9-6-13-22(28-2)24(18)29-3/h4-7,9-14,23H,8,15-17H2,1-3H3/t23-/m0/s1. The van der Waals surface area contributed by atoms with Gasteiger partial charge in [-0.2, -0.15) is 0 Å². The zero-order valence-corrected chi connectivity index (χ0v) is 17.3. The van der Waals surface area contributed by atoms with Gasteiger partial charge < -0.3 is 18.8 Å². The number of aromatic nitrogens is 1. The second-order valence-corrected chi connectivity index (χ2v) is 7.25. The van der Waals surface area contributed by atoms with Crippen LogP contribution in [0.4, 0.5) is 0 Å². The first-order chi connectivity index (χ1) is 14.3. The Morgan fingerprint density at radius 1 is 0.828 bits per heavy atom. The zero-order chi connectivity index (χ0) is 20.2. The van der Waals surface area contributed by atoms with Gasteiger partial charge in [-0.25, -0.2) is 0 Å². The summed E-state index contributed by atoms with van der Waals surface area (Å²) in [6.45, 7) is 2.75. The third kappa shape index (κ3) is 3.70. The van der Waals surface area contributed by atoms with Crippen molar-refractivity contribution in [3.63, 3.8) is 0 Å². The van der Waals surface area contributed by atoms with E-state index in [0.717, 1.165) is 48.9 Å². The molecule has 1 atom stereocenters. The molecule has 0 spiro atoms. The SMILES string of the molecule is COc1ccccc1[C@H]1c2cccn2CCCN1Cc1cccc(OC)c1OC. The number of fused-ring (bicyclic) bond motifs is 1. The lowest BCUT2D eigenvalue weighted by atomic mass is 9.99. The summed E-state index contributed by atoms with van der Waals surface area (Å²) in [7, 11) is 5.12. The van der Waals surface area contributed by atoms with Crippen LogP contribution in [0.3, 0.4) is 0 Å². The lowest BCUT2D eigenvalue weighted by molar-refractivity contribution is 0.212. The average molecular weight is 392 g/mol. The van der Waals surface area contributed by atoms with Crippen LogP contribution >= 0.6 is 0 Å². The Morgan fingerprint density at radius 2 is 1.62 bits per heavy atom. The first kappa shape index (κ1) is 19.4. The predicted octanol–water partition coefficient (Wildman–Crippen LogP) is 4.51. The molecule has 0 bridgehead atoms. The van der Waals surface area contributed by atoms with E-state index >= 15 is 0 Å². The topological polar surface area (TPSA) is 35.9 Å². The van der Waals surface area contributed by atoms with Gasteiger partial charge in [0.25, 0.3) is 0 Å². The second kappa shape index (κ2) is 8.62. The van der Waals surface area contributed by atoms with Crippen molar-refractivity contribution in [2.75, 3.05) is 27.9 Å². The lowest BCUT2D eigenvalue weighted by Gasteiger charge is -2.32. The van der Waals surface area contributed by atoms with E-state index in [2.05, 4.69) is 46.0 Å². The zero-order valence-electron chi connectivity index (χ0n) is 17.3. The number of hydrogen-bond donors (Lipinski definition) is 0.